The summed E-state index contributed by atoms with van der Waals surface area (Å²) in [6.07, 6.45) is 6.78. The van der Waals surface area contributed by atoms with Crippen molar-refractivity contribution in [2.75, 3.05) is 11.4 Å². The second kappa shape index (κ2) is 8.55. The standard InChI is InChI=1S/C17H22Cl2N2O2/c1-12(22)21(14-8-9-15(18)16(19)10-14)11-17(23)20-13-6-4-2-3-5-7-13/h8-10,13H,2-7,11H2,1H3,(H,20,23). The lowest BCUT2D eigenvalue weighted by molar-refractivity contribution is -0.123. The number of nitrogens with zero attached hydrogens (tertiary/aromatic N) is 1. The number of nitrogens with one attached hydrogen (secondary N) is 1. The highest BCUT2D eigenvalue weighted by molar-refractivity contribution is 6.42. The highest BCUT2D eigenvalue weighted by Crippen LogP contribution is 2.27. The molecule has 2 amide bonds. The van der Waals surface area contributed by atoms with E-state index in [1.807, 2.05) is 0 Å². The fourth-order valence-electron chi connectivity index (χ4n) is 2.88. The van der Waals surface area contributed by atoms with Crippen LogP contribution < -0.4 is 10.2 Å². The fourth-order valence-corrected chi connectivity index (χ4v) is 3.17. The third kappa shape index (κ3) is 5.40. The van der Waals surface area contributed by atoms with Crippen LogP contribution in [0.2, 0.25) is 10.0 Å². The van der Waals surface area contributed by atoms with Gasteiger partial charge < -0.3 is 10.2 Å². The maximum Gasteiger partial charge on any atom is 0.240 e. The lowest BCUT2D eigenvalue weighted by Gasteiger charge is -2.23. The minimum atomic E-state index is -0.209. The molecule has 0 aromatic heterocycles. The second-order valence-electron chi connectivity index (χ2n) is 5.96. The first-order valence-corrected chi connectivity index (χ1v) is 8.75. The van der Waals surface area contributed by atoms with Crippen LogP contribution in [0.1, 0.15) is 45.4 Å². The lowest BCUT2D eigenvalue weighted by atomic mass is 10.1. The molecule has 0 heterocycles. The van der Waals surface area contributed by atoms with Crippen LogP contribution in [0.3, 0.4) is 0 Å². The molecule has 0 bridgehead atoms. The summed E-state index contributed by atoms with van der Waals surface area (Å²) in [6.45, 7) is 1.42. The first-order chi connectivity index (χ1) is 11.0. The van der Waals surface area contributed by atoms with E-state index in [0.717, 1.165) is 25.7 Å². The number of carbonyl (C=O) groups excluding carboxylic acids is 2. The molecule has 0 atom stereocenters. The number of hydrogen-bond donors (Lipinski definition) is 1. The van der Waals surface area contributed by atoms with Gasteiger partial charge >= 0.3 is 0 Å². The molecular weight excluding hydrogens is 335 g/mol. The number of anilines is 1. The zero-order chi connectivity index (χ0) is 16.8. The van der Waals surface area contributed by atoms with Crippen molar-refractivity contribution in [3.05, 3.63) is 28.2 Å². The van der Waals surface area contributed by atoms with E-state index in [4.69, 9.17) is 23.2 Å². The minimum absolute atomic E-state index is 0.0101. The Balaban J connectivity index is 2.02. The van der Waals surface area contributed by atoms with Gasteiger partial charge in [0.25, 0.3) is 0 Å². The summed E-state index contributed by atoms with van der Waals surface area (Å²) < 4.78 is 0. The smallest absolute Gasteiger partial charge is 0.240 e. The molecule has 0 aliphatic heterocycles. The van der Waals surface area contributed by atoms with Crippen molar-refractivity contribution in [3.8, 4) is 0 Å². The van der Waals surface area contributed by atoms with Gasteiger partial charge in [-0.3, -0.25) is 9.59 Å². The normalized spacial score (nSPS) is 15.8. The number of hydrogen-bond acceptors (Lipinski definition) is 2. The number of carbonyl (C=O) groups is 2. The first-order valence-electron chi connectivity index (χ1n) is 8.00. The SMILES string of the molecule is CC(=O)N(CC(=O)NC1CCCCCC1)c1ccc(Cl)c(Cl)c1. The minimum Gasteiger partial charge on any atom is -0.352 e. The number of rotatable bonds is 4. The molecule has 1 aromatic rings. The molecule has 1 aliphatic carbocycles. The van der Waals surface area contributed by atoms with Gasteiger partial charge in [0.2, 0.25) is 11.8 Å². The molecule has 1 aromatic carbocycles. The quantitative estimate of drug-likeness (QED) is 0.822. The van der Waals surface area contributed by atoms with Gasteiger partial charge in [0.05, 0.1) is 10.0 Å². The molecule has 1 aliphatic rings. The largest absolute Gasteiger partial charge is 0.352 e. The third-order valence-electron chi connectivity index (χ3n) is 4.12. The molecule has 126 valence electrons. The van der Waals surface area contributed by atoms with E-state index in [1.165, 1.54) is 24.7 Å². The Bertz CT molecular complexity index is 570. The third-order valence-corrected chi connectivity index (χ3v) is 4.86. The predicted molar refractivity (Wildman–Crippen MR) is 94.1 cm³/mol. The van der Waals surface area contributed by atoms with Gasteiger partial charge in [-0.1, -0.05) is 48.9 Å². The summed E-state index contributed by atoms with van der Waals surface area (Å²) in [6, 6.07) is 5.13. The molecule has 0 spiro atoms. The Labute approximate surface area is 147 Å². The maximum absolute atomic E-state index is 12.3. The summed E-state index contributed by atoms with van der Waals surface area (Å²) in [5.41, 5.74) is 0.572. The van der Waals surface area contributed by atoms with Gasteiger partial charge in [0.1, 0.15) is 6.54 Å². The average molecular weight is 357 g/mol. The van der Waals surface area contributed by atoms with Crippen LogP contribution in [0.5, 0.6) is 0 Å². The van der Waals surface area contributed by atoms with Crippen molar-refractivity contribution in [2.45, 2.75) is 51.5 Å². The van der Waals surface area contributed by atoms with Crippen molar-refractivity contribution in [2.24, 2.45) is 0 Å². The highest BCUT2D eigenvalue weighted by atomic mass is 35.5. The van der Waals surface area contributed by atoms with Crippen LogP contribution in [0, 0.1) is 0 Å². The summed E-state index contributed by atoms with van der Waals surface area (Å²) in [7, 11) is 0. The van der Waals surface area contributed by atoms with Gasteiger partial charge in [0, 0.05) is 18.7 Å². The van der Waals surface area contributed by atoms with Crippen molar-refractivity contribution >= 4 is 40.7 Å². The van der Waals surface area contributed by atoms with Gasteiger partial charge in [0.15, 0.2) is 0 Å². The van der Waals surface area contributed by atoms with E-state index >= 15 is 0 Å². The van der Waals surface area contributed by atoms with Gasteiger partial charge in [-0.15, -0.1) is 0 Å². The first kappa shape index (κ1) is 18.1. The van der Waals surface area contributed by atoms with E-state index in [0.29, 0.717) is 15.7 Å². The second-order valence-corrected chi connectivity index (χ2v) is 6.77. The van der Waals surface area contributed by atoms with Crippen molar-refractivity contribution in [3.63, 3.8) is 0 Å². The predicted octanol–water partition coefficient (Wildman–Crippen LogP) is 4.19. The Hall–Kier alpha value is -1.26. The molecule has 0 saturated heterocycles. The molecule has 1 fully saturated rings. The molecule has 1 N–H and O–H groups in total. The average Bonchev–Trinajstić information content (AvgIpc) is 2.76. The molecule has 6 heteroatoms. The van der Waals surface area contributed by atoms with E-state index in [-0.39, 0.29) is 24.4 Å². The van der Waals surface area contributed by atoms with Crippen molar-refractivity contribution in [1.82, 2.24) is 5.32 Å². The Morgan fingerprint density at radius 3 is 2.35 bits per heavy atom. The van der Waals surface area contributed by atoms with Crippen LogP contribution >= 0.6 is 23.2 Å². The molecule has 0 unspecified atom stereocenters. The van der Waals surface area contributed by atoms with E-state index in [1.54, 1.807) is 18.2 Å². The Morgan fingerprint density at radius 1 is 1.13 bits per heavy atom. The molecular formula is C17H22Cl2N2O2. The van der Waals surface area contributed by atoms with Crippen LogP contribution in [-0.2, 0) is 9.59 Å². The molecule has 0 radical (unpaired) electrons. The number of benzene rings is 1. The topological polar surface area (TPSA) is 49.4 Å². The summed E-state index contributed by atoms with van der Waals surface area (Å²) in [5, 5.41) is 3.83. The summed E-state index contributed by atoms with van der Waals surface area (Å²) in [4.78, 5) is 25.6. The van der Waals surface area contributed by atoms with Crippen molar-refractivity contribution < 1.29 is 9.59 Å². The van der Waals surface area contributed by atoms with Gasteiger partial charge in [-0.2, -0.15) is 0 Å². The van der Waals surface area contributed by atoms with Gasteiger partial charge in [-0.25, -0.2) is 0 Å². The van der Waals surface area contributed by atoms with Crippen LogP contribution in [0.15, 0.2) is 18.2 Å². The number of halogens is 2. The summed E-state index contributed by atoms with van der Waals surface area (Å²) in [5.74, 6) is -0.349. The van der Waals surface area contributed by atoms with Crippen LogP contribution in [0.25, 0.3) is 0 Å². The van der Waals surface area contributed by atoms with Gasteiger partial charge in [-0.05, 0) is 31.0 Å². The number of amides is 2. The van der Waals surface area contributed by atoms with E-state index in [9.17, 15) is 9.59 Å². The molecule has 4 nitrogen and oxygen atoms in total. The molecule has 23 heavy (non-hydrogen) atoms. The summed E-state index contributed by atoms with van der Waals surface area (Å²) >= 11 is 11.9. The Kier molecular flexibility index (Phi) is 6.72. The zero-order valence-corrected chi connectivity index (χ0v) is 14.8. The monoisotopic (exact) mass is 356 g/mol. The Morgan fingerprint density at radius 2 is 1.78 bits per heavy atom. The zero-order valence-electron chi connectivity index (χ0n) is 13.3. The van der Waals surface area contributed by atoms with Crippen molar-refractivity contribution in [1.29, 1.82) is 0 Å². The van der Waals surface area contributed by atoms with Crippen LogP contribution in [-0.4, -0.2) is 24.4 Å². The lowest BCUT2D eigenvalue weighted by Crippen LogP contribution is -2.43. The highest BCUT2D eigenvalue weighted by Gasteiger charge is 2.20. The van der Waals surface area contributed by atoms with E-state index < -0.39 is 0 Å². The molecule has 2 rings (SSSR count). The van der Waals surface area contributed by atoms with Crippen LogP contribution in [0.4, 0.5) is 5.69 Å². The fraction of sp³-hybridized carbons (Fsp3) is 0.529. The van der Waals surface area contributed by atoms with E-state index in [2.05, 4.69) is 5.32 Å². The maximum atomic E-state index is 12.3. The molecule has 1 saturated carbocycles.